The van der Waals surface area contributed by atoms with E-state index in [-0.39, 0.29) is 29.5 Å². The topological polar surface area (TPSA) is 84.3 Å². The third-order valence-electron chi connectivity index (χ3n) is 6.26. The van der Waals surface area contributed by atoms with Crippen LogP contribution in [0, 0.1) is 12.8 Å². The van der Waals surface area contributed by atoms with Crippen LogP contribution in [0.5, 0.6) is 0 Å². The van der Waals surface area contributed by atoms with E-state index in [2.05, 4.69) is 24.1 Å². The third-order valence-corrected chi connectivity index (χ3v) is 6.26. The molecule has 30 heavy (non-hydrogen) atoms. The quantitative estimate of drug-likeness (QED) is 0.843. The normalized spacial score (nSPS) is 20.5. The first-order chi connectivity index (χ1) is 14.3. The monoisotopic (exact) mass is 408 g/mol. The molecule has 158 valence electrons. The zero-order chi connectivity index (χ0) is 21.5. The number of fused-ring (bicyclic) bond motifs is 2. The van der Waals surface area contributed by atoms with Gasteiger partial charge in [0.1, 0.15) is 11.0 Å². The summed E-state index contributed by atoms with van der Waals surface area (Å²) in [6, 6.07) is 5.45. The predicted molar refractivity (Wildman–Crippen MR) is 115 cm³/mol. The second-order valence-corrected chi connectivity index (χ2v) is 8.82. The first-order valence-electron chi connectivity index (χ1n) is 10.6. The van der Waals surface area contributed by atoms with Crippen LogP contribution in [0.15, 0.2) is 35.4 Å². The molecule has 4 rings (SSSR count). The van der Waals surface area contributed by atoms with E-state index < -0.39 is 5.41 Å². The largest absolute Gasteiger partial charge is 0.337 e. The van der Waals surface area contributed by atoms with E-state index in [1.807, 2.05) is 12.1 Å². The minimum absolute atomic E-state index is 0.118. The van der Waals surface area contributed by atoms with Crippen molar-refractivity contribution in [2.45, 2.75) is 52.0 Å². The number of amides is 2. The second-order valence-electron chi connectivity index (χ2n) is 8.82. The van der Waals surface area contributed by atoms with Gasteiger partial charge in [-0.1, -0.05) is 13.8 Å². The summed E-state index contributed by atoms with van der Waals surface area (Å²) < 4.78 is 1.62. The lowest BCUT2D eigenvalue weighted by Crippen LogP contribution is -2.53. The Morgan fingerprint density at radius 2 is 2.10 bits per heavy atom. The highest BCUT2D eigenvalue weighted by Crippen LogP contribution is 2.42. The molecule has 7 heteroatoms. The number of aromatic nitrogens is 2. The van der Waals surface area contributed by atoms with E-state index in [0.717, 1.165) is 6.42 Å². The van der Waals surface area contributed by atoms with Crippen molar-refractivity contribution in [2.75, 3.05) is 18.4 Å². The molecule has 0 aliphatic carbocycles. The highest BCUT2D eigenvalue weighted by molar-refractivity contribution is 6.06. The van der Waals surface area contributed by atoms with Crippen molar-refractivity contribution in [3.8, 4) is 0 Å². The highest BCUT2D eigenvalue weighted by Gasteiger charge is 2.51. The number of nitrogens with zero attached hydrogens (tertiary/aromatic N) is 3. The fraction of sp³-hybridized carbons (Fsp3) is 0.478. The van der Waals surface area contributed by atoms with Crippen molar-refractivity contribution in [1.29, 1.82) is 0 Å². The Morgan fingerprint density at radius 1 is 1.30 bits per heavy atom. The summed E-state index contributed by atoms with van der Waals surface area (Å²) in [7, 11) is 0. The van der Waals surface area contributed by atoms with E-state index in [1.54, 1.807) is 34.9 Å². The second kappa shape index (κ2) is 7.70. The fourth-order valence-corrected chi connectivity index (χ4v) is 4.50. The SMILES string of the molecule is Cc1ccn(CCC(C)C)c(=O)c1C(=O)N1CCCC2(C1)C(=O)Nc1cccnc12. The zero-order valence-corrected chi connectivity index (χ0v) is 17.8. The van der Waals surface area contributed by atoms with Gasteiger partial charge in [-0.05, 0) is 55.9 Å². The molecule has 1 spiro atoms. The number of hydrogen-bond donors (Lipinski definition) is 1. The predicted octanol–water partition coefficient (Wildman–Crippen LogP) is 2.72. The van der Waals surface area contributed by atoms with Crippen LogP contribution in [0.3, 0.4) is 0 Å². The molecule has 1 fully saturated rings. The van der Waals surface area contributed by atoms with Crippen LogP contribution >= 0.6 is 0 Å². The number of rotatable bonds is 4. The van der Waals surface area contributed by atoms with E-state index in [1.165, 1.54) is 0 Å². The summed E-state index contributed by atoms with van der Waals surface area (Å²) in [6.07, 6.45) is 5.63. The van der Waals surface area contributed by atoms with Crippen molar-refractivity contribution >= 4 is 17.5 Å². The first kappa shape index (κ1) is 20.3. The maximum atomic E-state index is 13.5. The number of carbonyl (C=O) groups is 2. The minimum Gasteiger partial charge on any atom is -0.337 e. The zero-order valence-electron chi connectivity index (χ0n) is 17.8. The van der Waals surface area contributed by atoms with Crippen LogP contribution in [0.2, 0.25) is 0 Å². The van der Waals surface area contributed by atoms with Gasteiger partial charge in [0.25, 0.3) is 11.5 Å². The molecular formula is C23H28N4O3. The van der Waals surface area contributed by atoms with Crippen molar-refractivity contribution in [1.82, 2.24) is 14.5 Å². The Morgan fingerprint density at radius 3 is 2.87 bits per heavy atom. The maximum absolute atomic E-state index is 13.5. The fourth-order valence-electron chi connectivity index (χ4n) is 4.50. The summed E-state index contributed by atoms with van der Waals surface area (Å²) in [6.45, 7) is 7.35. The van der Waals surface area contributed by atoms with Crippen LogP contribution in [-0.4, -0.2) is 39.4 Å². The van der Waals surface area contributed by atoms with Crippen LogP contribution in [0.1, 0.15) is 54.7 Å². The van der Waals surface area contributed by atoms with Crippen molar-refractivity contribution in [3.63, 3.8) is 0 Å². The number of hydrogen-bond acceptors (Lipinski definition) is 4. The third kappa shape index (κ3) is 3.32. The summed E-state index contributed by atoms with van der Waals surface area (Å²) >= 11 is 0. The van der Waals surface area contributed by atoms with Crippen molar-refractivity contribution < 1.29 is 9.59 Å². The molecule has 4 heterocycles. The van der Waals surface area contributed by atoms with Gasteiger partial charge in [0.05, 0.1) is 11.4 Å². The van der Waals surface area contributed by atoms with E-state index in [0.29, 0.717) is 48.8 Å². The van der Waals surface area contributed by atoms with Gasteiger partial charge in [-0.2, -0.15) is 0 Å². The molecule has 2 aliphatic heterocycles. The number of piperidine rings is 1. The van der Waals surface area contributed by atoms with Crippen LogP contribution < -0.4 is 10.9 Å². The molecular weight excluding hydrogens is 380 g/mol. The van der Waals surface area contributed by atoms with Gasteiger partial charge in [0.15, 0.2) is 0 Å². The molecule has 1 atom stereocenters. The Labute approximate surface area is 176 Å². The van der Waals surface area contributed by atoms with Crippen LogP contribution in [0.4, 0.5) is 5.69 Å². The average Bonchev–Trinajstić information content (AvgIpc) is 2.98. The molecule has 0 bridgehead atoms. The van der Waals surface area contributed by atoms with E-state index >= 15 is 0 Å². The van der Waals surface area contributed by atoms with E-state index in [4.69, 9.17) is 0 Å². The number of likely N-dealkylation sites (tertiary alicyclic amines) is 1. The van der Waals surface area contributed by atoms with Crippen LogP contribution in [0.25, 0.3) is 0 Å². The lowest BCUT2D eigenvalue weighted by molar-refractivity contribution is -0.122. The smallest absolute Gasteiger partial charge is 0.263 e. The molecule has 2 aromatic rings. The number of pyridine rings is 2. The number of nitrogens with one attached hydrogen (secondary N) is 1. The Bertz CT molecular complexity index is 1060. The molecule has 2 amide bonds. The lowest BCUT2D eigenvalue weighted by atomic mass is 9.77. The lowest BCUT2D eigenvalue weighted by Gasteiger charge is -2.38. The molecule has 1 unspecified atom stereocenters. The molecule has 0 radical (unpaired) electrons. The van der Waals surface area contributed by atoms with Gasteiger partial charge in [-0.25, -0.2) is 0 Å². The molecule has 7 nitrogen and oxygen atoms in total. The van der Waals surface area contributed by atoms with Gasteiger partial charge in [0, 0.05) is 32.0 Å². The van der Waals surface area contributed by atoms with Crippen molar-refractivity contribution in [3.05, 3.63) is 57.8 Å². The molecule has 0 aromatic carbocycles. The Balaban J connectivity index is 1.66. The summed E-state index contributed by atoms with van der Waals surface area (Å²) in [4.78, 5) is 45.5. The van der Waals surface area contributed by atoms with Gasteiger partial charge in [0.2, 0.25) is 5.91 Å². The number of aryl methyl sites for hydroxylation is 2. The molecule has 2 aromatic heterocycles. The summed E-state index contributed by atoms with van der Waals surface area (Å²) in [5.74, 6) is 0.0493. The van der Waals surface area contributed by atoms with Gasteiger partial charge >= 0.3 is 0 Å². The molecule has 0 saturated carbocycles. The van der Waals surface area contributed by atoms with Gasteiger partial charge in [-0.15, -0.1) is 0 Å². The average molecular weight is 409 g/mol. The summed E-state index contributed by atoms with van der Waals surface area (Å²) in [5, 5.41) is 2.91. The molecule has 1 saturated heterocycles. The maximum Gasteiger partial charge on any atom is 0.263 e. The van der Waals surface area contributed by atoms with Crippen LogP contribution in [-0.2, 0) is 16.8 Å². The number of carbonyl (C=O) groups excluding carboxylic acids is 2. The highest BCUT2D eigenvalue weighted by atomic mass is 16.2. The van der Waals surface area contributed by atoms with Gasteiger partial charge < -0.3 is 14.8 Å². The minimum atomic E-state index is -0.843. The standard InChI is InChI=1S/C23H28N4O3/c1-15(2)7-12-26-13-8-16(3)18(20(26)28)21(29)27-11-5-9-23(14-27)19-17(25-22(23)30)6-4-10-24-19/h4,6,8,10,13,15H,5,7,9,11-12,14H2,1-3H3,(H,25,30). The Kier molecular flexibility index (Phi) is 5.22. The van der Waals surface area contributed by atoms with Gasteiger partial charge in [-0.3, -0.25) is 19.4 Å². The first-order valence-corrected chi connectivity index (χ1v) is 10.6. The molecule has 2 aliphatic rings. The number of anilines is 1. The van der Waals surface area contributed by atoms with E-state index in [9.17, 15) is 14.4 Å². The summed E-state index contributed by atoms with van der Waals surface area (Å²) in [5.41, 5.74) is 1.19. The Hall–Kier alpha value is -2.96. The van der Waals surface area contributed by atoms with Crippen molar-refractivity contribution in [2.24, 2.45) is 5.92 Å². The molecule has 1 N–H and O–H groups in total.